The third-order valence-electron chi connectivity index (χ3n) is 6.23. The van der Waals surface area contributed by atoms with Gasteiger partial charge in [0.2, 0.25) is 0 Å². The van der Waals surface area contributed by atoms with E-state index in [2.05, 4.69) is 11.0 Å². The maximum absolute atomic E-state index is 14.9. The molecular formula is C25H20FN5. The predicted molar refractivity (Wildman–Crippen MR) is 113 cm³/mol. The summed E-state index contributed by atoms with van der Waals surface area (Å²) in [5.74, 6) is -1.74. The van der Waals surface area contributed by atoms with Gasteiger partial charge in [-0.3, -0.25) is 4.90 Å². The number of rotatable bonds is 3. The summed E-state index contributed by atoms with van der Waals surface area (Å²) in [7, 11) is 0. The summed E-state index contributed by atoms with van der Waals surface area (Å²) in [4.78, 5) is 2.17. The Morgan fingerprint density at radius 1 is 1.03 bits per heavy atom. The Labute approximate surface area is 180 Å². The van der Waals surface area contributed by atoms with Crippen LogP contribution in [-0.4, -0.2) is 18.0 Å². The van der Waals surface area contributed by atoms with Crippen molar-refractivity contribution >= 4 is 0 Å². The average Bonchev–Trinajstić information content (AvgIpc) is 2.80. The lowest BCUT2D eigenvalue weighted by Gasteiger charge is -2.45. The molecule has 1 aliphatic heterocycles. The van der Waals surface area contributed by atoms with Gasteiger partial charge in [0.05, 0.1) is 23.4 Å². The van der Waals surface area contributed by atoms with Crippen LogP contribution in [0.25, 0.3) is 0 Å². The van der Waals surface area contributed by atoms with Gasteiger partial charge in [-0.15, -0.1) is 0 Å². The van der Waals surface area contributed by atoms with Gasteiger partial charge in [-0.05, 0) is 22.8 Å². The van der Waals surface area contributed by atoms with Crippen LogP contribution in [0.15, 0.2) is 77.5 Å². The van der Waals surface area contributed by atoms with Crippen LogP contribution < -0.4 is 5.73 Å². The molecule has 0 fully saturated rings. The number of hydrogen-bond donors (Lipinski definition) is 1. The normalized spacial score (nSPS) is 22.5. The average molecular weight is 409 g/mol. The van der Waals surface area contributed by atoms with Crippen molar-refractivity contribution in [2.75, 3.05) is 13.1 Å². The van der Waals surface area contributed by atoms with Crippen LogP contribution in [0.5, 0.6) is 0 Å². The Morgan fingerprint density at radius 3 is 2.35 bits per heavy atom. The topological polar surface area (TPSA) is 101 Å². The first-order valence-corrected chi connectivity index (χ1v) is 9.99. The zero-order valence-corrected chi connectivity index (χ0v) is 16.8. The molecule has 0 saturated carbocycles. The molecule has 31 heavy (non-hydrogen) atoms. The minimum atomic E-state index is -1.83. The standard InChI is InChI=1S/C25H20FN5/c26-22-9-5-4-8-19(22)23-21-14-31(13-17-6-2-1-3-7-17)11-10-18(21)20(12-27)24(30)25(23,15-28)16-29/h1-10,21,23H,11,13-14,30H2/t21-,23-/m1/s1. The van der Waals surface area contributed by atoms with Crippen molar-refractivity contribution in [3.05, 3.63) is 94.5 Å². The highest BCUT2D eigenvalue weighted by Crippen LogP contribution is 2.54. The largest absolute Gasteiger partial charge is 0.399 e. The van der Waals surface area contributed by atoms with E-state index in [1.165, 1.54) is 6.07 Å². The van der Waals surface area contributed by atoms with E-state index >= 15 is 0 Å². The maximum atomic E-state index is 14.9. The van der Waals surface area contributed by atoms with Crippen LogP contribution in [0, 0.1) is 51.1 Å². The number of allylic oxidation sites excluding steroid dienone is 2. The number of fused-ring (bicyclic) bond motifs is 1. The number of benzene rings is 2. The van der Waals surface area contributed by atoms with Gasteiger partial charge >= 0.3 is 0 Å². The Kier molecular flexibility index (Phi) is 5.30. The van der Waals surface area contributed by atoms with Gasteiger partial charge in [0.1, 0.15) is 11.9 Å². The van der Waals surface area contributed by atoms with Crippen molar-refractivity contribution in [1.29, 1.82) is 15.8 Å². The molecule has 0 spiro atoms. The lowest BCUT2D eigenvalue weighted by molar-refractivity contribution is 0.199. The number of nitriles is 3. The Morgan fingerprint density at radius 2 is 1.71 bits per heavy atom. The lowest BCUT2D eigenvalue weighted by atomic mass is 9.58. The van der Waals surface area contributed by atoms with Crippen molar-refractivity contribution in [3.8, 4) is 18.2 Å². The molecule has 0 bridgehead atoms. The molecule has 0 unspecified atom stereocenters. The van der Waals surface area contributed by atoms with Crippen LogP contribution >= 0.6 is 0 Å². The highest BCUT2D eigenvalue weighted by atomic mass is 19.1. The molecule has 0 amide bonds. The Balaban J connectivity index is 1.87. The van der Waals surface area contributed by atoms with Crippen LogP contribution in [0.2, 0.25) is 0 Å². The first kappa shape index (κ1) is 20.4. The van der Waals surface area contributed by atoms with Crippen LogP contribution in [-0.2, 0) is 6.54 Å². The smallest absolute Gasteiger partial charge is 0.191 e. The van der Waals surface area contributed by atoms with Gasteiger partial charge in [-0.25, -0.2) is 4.39 Å². The molecule has 1 heterocycles. The zero-order valence-electron chi connectivity index (χ0n) is 16.8. The fourth-order valence-corrected chi connectivity index (χ4v) is 4.78. The zero-order chi connectivity index (χ0) is 22.0. The summed E-state index contributed by atoms with van der Waals surface area (Å²) >= 11 is 0. The fourth-order valence-electron chi connectivity index (χ4n) is 4.78. The lowest BCUT2D eigenvalue weighted by Crippen LogP contribution is -2.48. The maximum Gasteiger partial charge on any atom is 0.191 e. The third-order valence-corrected chi connectivity index (χ3v) is 6.23. The van der Waals surface area contributed by atoms with E-state index in [1.54, 1.807) is 18.2 Å². The number of nitrogens with two attached hydrogens (primary N) is 1. The molecule has 0 aromatic heterocycles. The molecule has 2 atom stereocenters. The fraction of sp³-hybridized carbons (Fsp3) is 0.240. The summed E-state index contributed by atoms with van der Waals surface area (Å²) in [6.07, 6.45) is 1.93. The summed E-state index contributed by atoms with van der Waals surface area (Å²) in [6.45, 7) is 1.73. The molecule has 2 aliphatic rings. The minimum Gasteiger partial charge on any atom is -0.399 e. The number of halogens is 1. The second kappa shape index (κ2) is 8.07. The van der Waals surface area contributed by atoms with E-state index in [4.69, 9.17) is 5.73 Å². The van der Waals surface area contributed by atoms with Crippen LogP contribution in [0.4, 0.5) is 4.39 Å². The molecule has 0 radical (unpaired) electrons. The van der Waals surface area contributed by atoms with Gasteiger partial charge in [0.25, 0.3) is 0 Å². The van der Waals surface area contributed by atoms with E-state index in [0.717, 1.165) is 5.56 Å². The van der Waals surface area contributed by atoms with Gasteiger partial charge in [-0.1, -0.05) is 54.6 Å². The van der Waals surface area contributed by atoms with E-state index in [-0.39, 0.29) is 16.8 Å². The molecule has 2 aromatic carbocycles. The molecule has 2 N–H and O–H groups in total. The molecule has 2 aromatic rings. The van der Waals surface area contributed by atoms with Crippen molar-refractivity contribution < 1.29 is 4.39 Å². The van der Waals surface area contributed by atoms with Crippen LogP contribution in [0.3, 0.4) is 0 Å². The first-order chi connectivity index (χ1) is 15.1. The SMILES string of the molecule is N#CC1=C(N)C(C#N)(C#N)[C@H](c2ccccc2F)[C@@H]2CN(Cc3ccccc3)CC=C12. The Hall–Kier alpha value is -3.92. The van der Waals surface area contributed by atoms with E-state index in [1.807, 2.05) is 48.5 Å². The highest BCUT2D eigenvalue weighted by molar-refractivity contribution is 5.59. The van der Waals surface area contributed by atoms with E-state index in [0.29, 0.717) is 25.2 Å². The second-order valence-corrected chi connectivity index (χ2v) is 7.88. The molecule has 0 saturated heterocycles. The van der Waals surface area contributed by atoms with Gasteiger partial charge in [-0.2, -0.15) is 15.8 Å². The minimum absolute atomic E-state index is 0.0905. The van der Waals surface area contributed by atoms with Crippen molar-refractivity contribution in [1.82, 2.24) is 4.90 Å². The summed E-state index contributed by atoms with van der Waals surface area (Å²) < 4.78 is 14.9. The number of nitrogens with zero attached hydrogens (tertiary/aromatic N) is 4. The highest BCUT2D eigenvalue weighted by Gasteiger charge is 2.55. The predicted octanol–water partition coefficient (Wildman–Crippen LogP) is 3.75. The Bertz CT molecular complexity index is 1180. The van der Waals surface area contributed by atoms with Crippen LogP contribution in [0.1, 0.15) is 17.0 Å². The summed E-state index contributed by atoms with van der Waals surface area (Å²) in [5, 5.41) is 30.0. The molecule has 152 valence electrons. The monoisotopic (exact) mass is 409 g/mol. The molecular weight excluding hydrogens is 389 g/mol. The van der Waals surface area contributed by atoms with Crippen molar-refractivity contribution in [2.24, 2.45) is 17.1 Å². The van der Waals surface area contributed by atoms with Gasteiger partial charge in [0.15, 0.2) is 5.41 Å². The number of hydrogen-bond acceptors (Lipinski definition) is 5. The molecule has 4 rings (SSSR count). The quantitative estimate of drug-likeness (QED) is 0.832. The second-order valence-electron chi connectivity index (χ2n) is 7.88. The van der Waals surface area contributed by atoms with Gasteiger partial charge < -0.3 is 5.73 Å². The summed E-state index contributed by atoms with van der Waals surface area (Å²) in [5.41, 5.74) is 6.60. The third kappa shape index (κ3) is 3.26. The molecule has 6 heteroatoms. The first-order valence-electron chi connectivity index (χ1n) is 9.99. The van der Waals surface area contributed by atoms with E-state index < -0.39 is 23.1 Å². The summed E-state index contributed by atoms with van der Waals surface area (Å²) in [6, 6.07) is 22.3. The van der Waals surface area contributed by atoms with Crippen molar-refractivity contribution in [2.45, 2.75) is 12.5 Å². The molecule has 1 aliphatic carbocycles. The van der Waals surface area contributed by atoms with Gasteiger partial charge in [0, 0.05) is 31.5 Å². The molecule has 5 nitrogen and oxygen atoms in total. The van der Waals surface area contributed by atoms with E-state index in [9.17, 15) is 20.2 Å². The van der Waals surface area contributed by atoms with Crippen molar-refractivity contribution in [3.63, 3.8) is 0 Å².